The van der Waals surface area contributed by atoms with Crippen molar-refractivity contribution in [2.75, 3.05) is 0 Å². The van der Waals surface area contributed by atoms with Gasteiger partial charge in [-0.2, -0.15) is 5.26 Å². The third kappa shape index (κ3) is 2.15. The molecule has 1 N–H and O–H groups in total. The monoisotopic (exact) mass is 207 g/mol. The molecule has 0 saturated carbocycles. The molecule has 0 unspecified atom stereocenters. The molecule has 0 bridgehead atoms. The van der Waals surface area contributed by atoms with Gasteiger partial charge in [0.1, 0.15) is 11.6 Å². The van der Waals surface area contributed by atoms with Crippen LogP contribution >= 0.6 is 0 Å². The van der Waals surface area contributed by atoms with Crippen molar-refractivity contribution in [1.82, 2.24) is 9.55 Å². The lowest BCUT2D eigenvalue weighted by Gasteiger charge is -2.15. The van der Waals surface area contributed by atoms with Crippen LogP contribution in [0.15, 0.2) is 15.8 Å². The summed E-state index contributed by atoms with van der Waals surface area (Å²) in [6.07, 6.45) is 2.90. The summed E-state index contributed by atoms with van der Waals surface area (Å²) in [7, 11) is 0. The largest absolute Gasteiger partial charge is 0.328 e. The van der Waals surface area contributed by atoms with Crippen LogP contribution < -0.4 is 11.2 Å². The van der Waals surface area contributed by atoms with Gasteiger partial charge in [-0.1, -0.05) is 13.8 Å². The number of nitrogens with zero attached hydrogens (tertiary/aromatic N) is 2. The van der Waals surface area contributed by atoms with Gasteiger partial charge in [0.25, 0.3) is 5.56 Å². The number of nitriles is 1. The van der Waals surface area contributed by atoms with Crippen LogP contribution in [0.3, 0.4) is 0 Å². The fourth-order valence-corrected chi connectivity index (χ4v) is 1.52. The molecule has 0 spiro atoms. The fourth-order valence-electron chi connectivity index (χ4n) is 1.52. The Morgan fingerprint density at radius 1 is 1.47 bits per heavy atom. The summed E-state index contributed by atoms with van der Waals surface area (Å²) >= 11 is 0. The van der Waals surface area contributed by atoms with E-state index in [0.29, 0.717) is 0 Å². The predicted octanol–water partition coefficient (Wildman–Crippen LogP) is 0.769. The summed E-state index contributed by atoms with van der Waals surface area (Å²) in [6.45, 7) is 3.91. The molecule has 0 aliphatic carbocycles. The maximum absolute atomic E-state index is 11.5. The SMILES string of the molecule is CCC(CC)n1cc(C#N)c(=O)[nH]c1=O. The van der Waals surface area contributed by atoms with Crippen molar-refractivity contribution in [3.05, 3.63) is 32.6 Å². The van der Waals surface area contributed by atoms with E-state index in [1.165, 1.54) is 10.8 Å². The van der Waals surface area contributed by atoms with Crippen molar-refractivity contribution in [2.24, 2.45) is 0 Å². The van der Waals surface area contributed by atoms with E-state index in [1.807, 2.05) is 13.8 Å². The number of aromatic nitrogens is 2. The Morgan fingerprint density at radius 3 is 2.53 bits per heavy atom. The van der Waals surface area contributed by atoms with Gasteiger partial charge in [0, 0.05) is 12.2 Å². The van der Waals surface area contributed by atoms with Crippen LogP contribution in [0.5, 0.6) is 0 Å². The first kappa shape index (κ1) is 11.2. The van der Waals surface area contributed by atoms with Crippen LogP contribution in [0.4, 0.5) is 0 Å². The van der Waals surface area contributed by atoms with Crippen LogP contribution in [0.1, 0.15) is 38.3 Å². The van der Waals surface area contributed by atoms with Gasteiger partial charge in [-0.15, -0.1) is 0 Å². The topological polar surface area (TPSA) is 78.7 Å². The van der Waals surface area contributed by atoms with Crippen LogP contribution in [0.2, 0.25) is 0 Å². The number of hydrogen-bond acceptors (Lipinski definition) is 3. The molecule has 1 aromatic heterocycles. The lowest BCUT2D eigenvalue weighted by Crippen LogP contribution is -2.33. The van der Waals surface area contributed by atoms with Gasteiger partial charge in [0.05, 0.1) is 0 Å². The smallest absolute Gasteiger partial charge is 0.296 e. The van der Waals surface area contributed by atoms with Crippen molar-refractivity contribution in [1.29, 1.82) is 5.26 Å². The third-order valence-electron chi connectivity index (χ3n) is 2.42. The van der Waals surface area contributed by atoms with Crippen molar-refractivity contribution in [2.45, 2.75) is 32.7 Å². The van der Waals surface area contributed by atoms with E-state index in [0.717, 1.165) is 12.8 Å². The molecular formula is C10H13N3O2. The highest BCUT2D eigenvalue weighted by atomic mass is 16.2. The maximum atomic E-state index is 11.5. The molecule has 0 fully saturated rings. The standard InChI is InChI=1S/C10H13N3O2/c1-3-8(4-2)13-6-7(5-11)9(14)12-10(13)15/h6,8H,3-4H2,1-2H3,(H,12,14,15). The average molecular weight is 207 g/mol. The summed E-state index contributed by atoms with van der Waals surface area (Å²) in [4.78, 5) is 24.7. The fraction of sp³-hybridized carbons (Fsp3) is 0.500. The second kappa shape index (κ2) is 4.60. The Kier molecular flexibility index (Phi) is 3.45. The van der Waals surface area contributed by atoms with Crippen LogP contribution in [-0.2, 0) is 0 Å². The highest BCUT2D eigenvalue weighted by Crippen LogP contribution is 2.11. The van der Waals surface area contributed by atoms with Crippen molar-refractivity contribution in [3.63, 3.8) is 0 Å². The number of H-pyrrole nitrogens is 1. The molecule has 1 aromatic rings. The molecule has 1 heterocycles. The van der Waals surface area contributed by atoms with Gasteiger partial charge in [-0.05, 0) is 12.8 Å². The zero-order valence-electron chi connectivity index (χ0n) is 8.78. The van der Waals surface area contributed by atoms with E-state index in [4.69, 9.17) is 5.26 Å². The van der Waals surface area contributed by atoms with Gasteiger partial charge in [-0.3, -0.25) is 14.3 Å². The molecule has 0 aliphatic heterocycles. The van der Waals surface area contributed by atoms with Gasteiger partial charge < -0.3 is 0 Å². The van der Waals surface area contributed by atoms with E-state index in [1.54, 1.807) is 6.07 Å². The first-order chi connectivity index (χ1) is 7.13. The molecular weight excluding hydrogens is 194 g/mol. The van der Waals surface area contributed by atoms with Gasteiger partial charge in [0.2, 0.25) is 0 Å². The van der Waals surface area contributed by atoms with Gasteiger partial charge in [0.15, 0.2) is 0 Å². The summed E-state index contributed by atoms with van der Waals surface area (Å²) in [6, 6.07) is 1.79. The van der Waals surface area contributed by atoms with E-state index >= 15 is 0 Å². The first-order valence-electron chi connectivity index (χ1n) is 4.89. The molecule has 1 rings (SSSR count). The van der Waals surface area contributed by atoms with Gasteiger partial charge >= 0.3 is 5.69 Å². The molecule has 15 heavy (non-hydrogen) atoms. The molecule has 80 valence electrons. The van der Waals surface area contributed by atoms with Crippen molar-refractivity contribution in [3.8, 4) is 6.07 Å². The van der Waals surface area contributed by atoms with Crippen LogP contribution in [-0.4, -0.2) is 9.55 Å². The Balaban J connectivity index is 3.38. The van der Waals surface area contributed by atoms with E-state index < -0.39 is 11.2 Å². The zero-order valence-corrected chi connectivity index (χ0v) is 8.78. The highest BCUT2D eigenvalue weighted by molar-refractivity contribution is 5.21. The Bertz CT molecular complexity index is 489. The molecule has 0 radical (unpaired) electrons. The molecule has 5 nitrogen and oxygen atoms in total. The summed E-state index contributed by atoms with van der Waals surface area (Å²) in [5.41, 5.74) is -1.10. The molecule has 0 aromatic carbocycles. The van der Waals surface area contributed by atoms with Crippen LogP contribution in [0.25, 0.3) is 0 Å². The summed E-state index contributed by atoms with van der Waals surface area (Å²) in [5, 5.41) is 8.68. The normalized spacial score (nSPS) is 10.3. The maximum Gasteiger partial charge on any atom is 0.328 e. The minimum Gasteiger partial charge on any atom is -0.296 e. The Labute approximate surface area is 87.0 Å². The Morgan fingerprint density at radius 2 is 2.07 bits per heavy atom. The third-order valence-corrected chi connectivity index (χ3v) is 2.42. The zero-order chi connectivity index (χ0) is 11.4. The highest BCUT2D eigenvalue weighted by Gasteiger charge is 2.10. The first-order valence-corrected chi connectivity index (χ1v) is 4.89. The average Bonchev–Trinajstić information content (AvgIpc) is 2.22. The lowest BCUT2D eigenvalue weighted by atomic mass is 10.1. The number of aromatic amines is 1. The number of rotatable bonds is 3. The minimum atomic E-state index is -0.621. The van der Waals surface area contributed by atoms with E-state index in [-0.39, 0.29) is 11.6 Å². The summed E-state index contributed by atoms with van der Waals surface area (Å²) < 4.78 is 1.42. The predicted molar refractivity (Wildman–Crippen MR) is 55.7 cm³/mol. The minimum absolute atomic E-state index is 0.0264. The number of nitrogens with one attached hydrogen (secondary N) is 1. The van der Waals surface area contributed by atoms with Gasteiger partial charge in [-0.25, -0.2) is 4.79 Å². The quantitative estimate of drug-likeness (QED) is 0.795. The second-order valence-corrected chi connectivity index (χ2v) is 3.29. The molecule has 0 saturated heterocycles. The molecule has 5 heteroatoms. The van der Waals surface area contributed by atoms with Crippen LogP contribution in [0, 0.1) is 11.3 Å². The second-order valence-electron chi connectivity index (χ2n) is 3.29. The molecule has 0 atom stereocenters. The van der Waals surface area contributed by atoms with E-state index in [2.05, 4.69) is 4.98 Å². The Hall–Kier alpha value is -1.83. The van der Waals surface area contributed by atoms with Crippen molar-refractivity contribution >= 4 is 0 Å². The number of hydrogen-bond donors (Lipinski definition) is 1. The summed E-state index contributed by atoms with van der Waals surface area (Å²) in [5.74, 6) is 0. The molecule has 0 aliphatic rings. The van der Waals surface area contributed by atoms with E-state index in [9.17, 15) is 9.59 Å². The van der Waals surface area contributed by atoms with Crippen molar-refractivity contribution < 1.29 is 0 Å². The lowest BCUT2D eigenvalue weighted by molar-refractivity contribution is 0.448. The molecule has 0 amide bonds.